The van der Waals surface area contributed by atoms with Crippen LogP contribution < -0.4 is 10.6 Å². The Balaban J connectivity index is 1.97. The smallest absolute Gasteiger partial charge is 0.238 e. The molecule has 1 aliphatic rings. The summed E-state index contributed by atoms with van der Waals surface area (Å²) in [6, 6.07) is 3.97. The quantitative estimate of drug-likeness (QED) is 0.826. The van der Waals surface area contributed by atoms with Gasteiger partial charge in [0.15, 0.2) is 0 Å². The molecule has 17 heavy (non-hydrogen) atoms. The van der Waals surface area contributed by atoms with Gasteiger partial charge >= 0.3 is 0 Å². The molecule has 1 aromatic carbocycles. The van der Waals surface area contributed by atoms with Gasteiger partial charge in [-0.25, -0.2) is 0 Å². The van der Waals surface area contributed by atoms with Crippen LogP contribution in [0.5, 0.6) is 0 Å². The molecule has 0 heterocycles. The van der Waals surface area contributed by atoms with E-state index in [2.05, 4.69) is 26.6 Å². The van der Waals surface area contributed by atoms with E-state index in [-0.39, 0.29) is 5.91 Å². The van der Waals surface area contributed by atoms with Gasteiger partial charge in [-0.05, 0) is 40.9 Å². The average Bonchev–Trinajstić information content (AvgIpc) is 3.11. The number of carbonyl (C=O) groups is 1. The molecule has 1 amide bonds. The number of halogens is 3. The molecule has 0 aliphatic heterocycles. The first-order chi connectivity index (χ1) is 8.08. The summed E-state index contributed by atoms with van der Waals surface area (Å²) in [7, 11) is 0. The molecule has 1 saturated carbocycles. The van der Waals surface area contributed by atoms with Gasteiger partial charge in [0.25, 0.3) is 0 Å². The number of nitrogens with one attached hydrogen (secondary N) is 2. The van der Waals surface area contributed by atoms with E-state index in [0.717, 1.165) is 12.8 Å². The van der Waals surface area contributed by atoms with Crippen molar-refractivity contribution in [2.75, 3.05) is 11.9 Å². The van der Waals surface area contributed by atoms with Crippen molar-refractivity contribution in [3.63, 3.8) is 0 Å². The molecular formula is C11H11BrCl2N2O. The summed E-state index contributed by atoms with van der Waals surface area (Å²) < 4.78 is 0.707. The number of hydrogen-bond acceptors (Lipinski definition) is 2. The molecule has 0 atom stereocenters. The molecule has 0 bridgehead atoms. The van der Waals surface area contributed by atoms with Crippen LogP contribution in [0, 0.1) is 0 Å². The van der Waals surface area contributed by atoms with Crippen molar-refractivity contribution in [1.29, 1.82) is 0 Å². The van der Waals surface area contributed by atoms with Crippen LogP contribution in [0.25, 0.3) is 0 Å². The largest absolute Gasteiger partial charge is 0.324 e. The SMILES string of the molecule is O=C(CNC1CC1)Nc1ccc(Br)c(Cl)c1Cl. The lowest BCUT2D eigenvalue weighted by molar-refractivity contribution is -0.115. The van der Waals surface area contributed by atoms with Crippen LogP contribution in [0.4, 0.5) is 5.69 Å². The zero-order chi connectivity index (χ0) is 12.4. The highest BCUT2D eigenvalue weighted by Gasteiger charge is 2.21. The second-order valence-electron chi connectivity index (χ2n) is 3.93. The maximum Gasteiger partial charge on any atom is 0.238 e. The van der Waals surface area contributed by atoms with Crippen LogP contribution >= 0.6 is 39.1 Å². The highest BCUT2D eigenvalue weighted by molar-refractivity contribution is 9.10. The van der Waals surface area contributed by atoms with Crippen LogP contribution in [0.2, 0.25) is 10.0 Å². The molecule has 3 nitrogen and oxygen atoms in total. The molecule has 6 heteroatoms. The van der Waals surface area contributed by atoms with Gasteiger partial charge in [-0.15, -0.1) is 0 Å². The Morgan fingerprint density at radius 2 is 2.06 bits per heavy atom. The van der Waals surface area contributed by atoms with Gasteiger partial charge in [0, 0.05) is 10.5 Å². The third kappa shape index (κ3) is 3.58. The zero-order valence-electron chi connectivity index (χ0n) is 8.90. The molecular weight excluding hydrogens is 327 g/mol. The fourth-order valence-electron chi connectivity index (χ4n) is 1.34. The third-order valence-electron chi connectivity index (χ3n) is 2.44. The molecule has 0 saturated heterocycles. The highest BCUT2D eigenvalue weighted by atomic mass is 79.9. The van der Waals surface area contributed by atoms with Gasteiger partial charge in [-0.1, -0.05) is 23.2 Å². The van der Waals surface area contributed by atoms with Crippen molar-refractivity contribution >= 4 is 50.7 Å². The van der Waals surface area contributed by atoms with Crippen LogP contribution in [0.3, 0.4) is 0 Å². The lowest BCUT2D eigenvalue weighted by Crippen LogP contribution is -2.29. The first-order valence-electron chi connectivity index (χ1n) is 5.24. The van der Waals surface area contributed by atoms with Gasteiger partial charge in [0.05, 0.1) is 22.3 Å². The average molecular weight is 338 g/mol. The molecule has 0 spiro atoms. The summed E-state index contributed by atoms with van der Waals surface area (Å²) in [5.41, 5.74) is 0.530. The Morgan fingerprint density at radius 1 is 1.35 bits per heavy atom. The van der Waals surface area contributed by atoms with Crippen molar-refractivity contribution in [3.8, 4) is 0 Å². The molecule has 1 aliphatic carbocycles. The van der Waals surface area contributed by atoms with E-state index in [0.29, 0.717) is 32.8 Å². The Hall–Kier alpha value is -0.290. The number of anilines is 1. The fourth-order valence-corrected chi connectivity index (χ4v) is 2.16. The van der Waals surface area contributed by atoms with E-state index in [9.17, 15) is 4.79 Å². The van der Waals surface area contributed by atoms with Gasteiger partial charge in [0.1, 0.15) is 0 Å². The Bertz CT molecular complexity index is 449. The predicted molar refractivity (Wildman–Crippen MR) is 73.8 cm³/mol. The second kappa shape index (κ2) is 5.57. The molecule has 0 aromatic heterocycles. The maximum atomic E-state index is 11.6. The van der Waals surface area contributed by atoms with Crippen molar-refractivity contribution in [1.82, 2.24) is 5.32 Å². The number of rotatable bonds is 4. The van der Waals surface area contributed by atoms with Gasteiger partial charge in [-0.2, -0.15) is 0 Å². The minimum Gasteiger partial charge on any atom is -0.324 e. The van der Waals surface area contributed by atoms with Crippen molar-refractivity contribution in [3.05, 3.63) is 26.7 Å². The first kappa shape index (κ1) is 13.1. The number of benzene rings is 1. The minimum absolute atomic E-state index is 0.114. The zero-order valence-corrected chi connectivity index (χ0v) is 12.0. The number of carbonyl (C=O) groups excluding carboxylic acids is 1. The van der Waals surface area contributed by atoms with Crippen LogP contribution in [0.1, 0.15) is 12.8 Å². The van der Waals surface area contributed by atoms with E-state index in [1.165, 1.54) is 0 Å². The van der Waals surface area contributed by atoms with Crippen LogP contribution in [-0.4, -0.2) is 18.5 Å². The molecule has 1 aromatic rings. The lowest BCUT2D eigenvalue weighted by Gasteiger charge is -2.09. The van der Waals surface area contributed by atoms with E-state index < -0.39 is 0 Å². The summed E-state index contributed by atoms with van der Waals surface area (Å²) in [5.74, 6) is -0.114. The van der Waals surface area contributed by atoms with Crippen LogP contribution in [0.15, 0.2) is 16.6 Å². The standard InChI is InChI=1S/C11H11BrCl2N2O/c12-7-3-4-8(11(14)10(7)13)16-9(17)5-15-6-1-2-6/h3-4,6,15H,1-2,5H2,(H,16,17). The molecule has 92 valence electrons. The lowest BCUT2D eigenvalue weighted by atomic mass is 10.3. The summed E-state index contributed by atoms with van der Waals surface area (Å²) >= 11 is 15.2. The summed E-state index contributed by atoms with van der Waals surface area (Å²) in [4.78, 5) is 11.6. The Labute approximate surface area is 118 Å². The number of amides is 1. The fraction of sp³-hybridized carbons (Fsp3) is 0.364. The van der Waals surface area contributed by atoms with Gasteiger partial charge < -0.3 is 10.6 Å². The highest BCUT2D eigenvalue weighted by Crippen LogP contribution is 2.35. The normalized spacial score (nSPS) is 14.8. The van der Waals surface area contributed by atoms with Gasteiger partial charge in [-0.3, -0.25) is 4.79 Å². The third-order valence-corrected chi connectivity index (χ3v) is 4.21. The minimum atomic E-state index is -0.114. The first-order valence-corrected chi connectivity index (χ1v) is 6.79. The summed E-state index contributed by atoms with van der Waals surface area (Å²) in [5, 5.41) is 6.60. The molecule has 2 N–H and O–H groups in total. The van der Waals surface area contributed by atoms with Gasteiger partial charge in [0.2, 0.25) is 5.91 Å². The van der Waals surface area contributed by atoms with Crippen LogP contribution in [-0.2, 0) is 4.79 Å². The molecule has 0 radical (unpaired) electrons. The number of hydrogen-bond donors (Lipinski definition) is 2. The van der Waals surface area contributed by atoms with Crippen molar-refractivity contribution in [2.24, 2.45) is 0 Å². The van der Waals surface area contributed by atoms with Crippen molar-refractivity contribution in [2.45, 2.75) is 18.9 Å². The van der Waals surface area contributed by atoms with E-state index in [4.69, 9.17) is 23.2 Å². The van der Waals surface area contributed by atoms with Crippen molar-refractivity contribution < 1.29 is 4.79 Å². The summed E-state index contributed by atoms with van der Waals surface area (Å²) in [6.07, 6.45) is 2.30. The predicted octanol–water partition coefficient (Wildman–Crippen LogP) is 3.45. The Morgan fingerprint density at radius 3 is 2.71 bits per heavy atom. The second-order valence-corrected chi connectivity index (χ2v) is 5.54. The monoisotopic (exact) mass is 336 g/mol. The van der Waals surface area contributed by atoms with E-state index >= 15 is 0 Å². The topological polar surface area (TPSA) is 41.1 Å². The molecule has 0 unspecified atom stereocenters. The van der Waals surface area contributed by atoms with E-state index in [1.807, 2.05) is 0 Å². The van der Waals surface area contributed by atoms with E-state index in [1.54, 1.807) is 12.1 Å². The molecule has 2 rings (SSSR count). The Kier molecular flexibility index (Phi) is 4.31. The molecule has 1 fully saturated rings. The summed E-state index contributed by atoms with van der Waals surface area (Å²) in [6.45, 7) is 0.300. The maximum absolute atomic E-state index is 11.6.